The van der Waals surface area contributed by atoms with Crippen LogP contribution in [-0.2, 0) is 85.7 Å². The maximum absolute atomic E-state index is 11.7. The molecule has 16 N–H and O–H groups in total. The van der Waals surface area contributed by atoms with Crippen molar-refractivity contribution in [2.45, 2.75) is 201 Å². The molecule has 16 unspecified atom stereocenters. The molecule has 4 amide bonds. The van der Waals surface area contributed by atoms with Gasteiger partial charge in [0.2, 0.25) is 0 Å². The van der Waals surface area contributed by atoms with E-state index >= 15 is 0 Å². The van der Waals surface area contributed by atoms with Gasteiger partial charge in [0.05, 0.1) is 257 Å². The lowest BCUT2D eigenvalue weighted by molar-refractivity contribution is -0.144. The number of terminal acetylenes is 4. The van der Waals surface area contributed by atoms with E-state index in [1.54, 1.807) is 43.2 Å². The predicted molar refractivity (Wildman–Crippen MR) is 488 cm³/mol. The Labute approximate surface area is 784 Å². The van der Waals surface area contributed by atoms with Gasteiger partial charge in [-0.3, -0.25) is 48.2 Å². The first-order chi connectivity index (χ1) is 62.9. The summed E-state index contributed by atoms with van der Waals surface area (Å²) in [4.78, 5) is 102. The van der Waals surface area contributed by atoms with Crippen LogP contribution in [0.3, 0.4) is 0 Å². The monoisotopic (exact) mass is 1960 g/mol. The van der Waals surface area contributed by atoms with E-state index in [1.165, 1.54) is 26.4 Å². The molecule has 0 saturated carbocycles. The van der Waals surface area contributed by atoms with Crippen molar-refractivity contribution in [3.8, 4) is 49.4 Å². The van der Waals surface area contributed by atoms with Crippen LogP contribution in [-0.4, -0.2) is 420 Å². The van der Waals surface area contributed by atoms with Crippen molar-refractivity contribution >= 4 is 90.3 Å². The van der Waals surface area contributed by atoms with Crippen molar-refractivity contribution in [3.63, 3.8) is 0 Å². The number of hydrogen-bond acceptors (Lipinski definition) is 42. The molecule has 2 aliphatic rings. The SMILES string of the molecule is C#CCC(O)COCC(O)CC.C#CCC(O)COCC(O)CC(=O)OC.C#CCC(O)COCC(O)CCC(=O)CCN1C(=O)C=CC1=O.C#CCC(O)COCC(O)CSSC.CCC(O)COCC(O)CN=[N+]=[N-].COC(=O)CC(O)COCC(O)CN=[N+]=[N-].CSSCC(O)COCC(O)CN=[N+]=[N-].[N-]=[N+]=NCC(O)COCC(O)CCC(=O)CCN1C(=O)C=CC1=O. The third kappa shape index (κ3) is 93.8. The highest BCUT2D eigenvalue weighted by molar-refractivity contribution is 8.76. The van der Waals surface area contributed by atoms with E-state index in [0.717, 1.165) is 22.0 Å². The first-order valence-corrected chi connectivity index (χ1v) is 46.2. The minimum atomic E-state index is -0.973. The topological polar surface area (TPSA) is 754 Å². The van der Waals surface area contributed by atoms with Gasteiger partial charge >= 0.3 is 11.9 Å². The first kappa shape index (κ1) is 135. The molecule has 0 aromatic carbocycles. The fraction of sp³-hybridized carbons (Fsp3) is 0.750. The van der Waals surface area contributed by atoms with Gasteiger partial charge in [-0.05, 0) is 60.3 Å². The van der Waals surface area contributed by atoms with Crippen molar-refractivity contribution in [2.75, 3.05) is 183 Å². The molecular weight excluding hydrogens is 1830 g/mol. The normalized spacial score (nSPS) is 15.1. The van der Waals surface area contributed by atoms with E-state index < -0.39 is 133 Å². The van der Waals surface area contributed by atoms with Gasteiger partial charge in [-0.25, -0.2) is 0 Å². The summed E-state index contributed by atoms with van der Waals surface area (Å²) >= 11 is 0. The zero-order valence-corrected chi connectivity index (χ0v) is 78.4. The second-order valence-electron chi connectivity index (χ2n) is 27.3. The number of aliphatic hydroxyl groups is 16. The molecular formula is C80H134N14O34S4. The molecule has 0 fully saturated rings. The molecule has 48 nitrogen and oxygen atoms in total. The van der Waals surface area contributed by atoms with Gasteiger partial charge in [-0.2, -0.15) is 0 Å². The van der Waals surface area contributed by atoms with Crippen LogP contribution in [0.2, 0.25) is 0 Å². The number of ether oxygens (including phenoxy) is 10. The molecule has 2 rings (SSSR count). The molecule has 0 aliphatic carbocycles. The number of ketones is 2. The molecule has 752 valence electrons. The van der Waals surface area contributed by atoms with E-state index in [9.17, 15) is 89.4 Å². The fourth-order valence-corrected chi connectivity index (χ4v) is 10.9. The number of carbonyl (C=O) groups excluding carboxylic acids is 8. The second-order valence-corrected chi connectivity index (χ2v) is 32.5. The number of carbonyl (C=O) groups is 8. The molecule has 16 atom stereocenters. The van der Waals surface area contributed by atoms with Gasteiger partial charge in [0.15, 0.2) is 0 Å². The third-order valence-electron chi connectivity index (χ3n) is 15.3. The Hall–Kier alpha value is -8.04. The number of amides is 4. The number of nitrogens with zero attached hydrogens (tertiary/aromatic N) is 14. The number of hydrogen-bond donors (Lipinski definition) is 16. The minimum absolute atomic E-state index is 0.00127. The van der Waals surface area contributed by atoms with Crippen LogP contribution in [0.5, 0.6) is 0 Å². The molecule has 0 aromatic heterocycles. The number of azide groups is 4. The number of imide groups is 2. The molecule has 0 saturated heterocycles. The van der Waals surface area contributed by atoms with Gasteiger partial charge in [0.25, 0.3) is 23.6 Å². The van der Waals surface area contributed by atoms with Crippen LogP contribution < -0.4 is 0 Å². The van der Waals surface area contributed by atoms with Crippen LogP contribution in [0.1, 0.15) is 104 Å². The van der Waals surface area contributed by atoms with Crippen LogP contribution in [0.25, 0.3) is 41.8 Å². The maximum Gasteiger partial charge on any atom is 0.308 e. The van der Waals surface area contributed by atoms with Gasteiger partial charge in [-0.15, -0.1) is 49.4 Å². The van der Waals surface area contributed by atoms with Gasteiger partial charge in [-0.1, -0.05) is 77.5 Å². The van der Waals surface area contributed by atoms with Crippen molar-refractivity contribution in [3.05, 3.63) is 66.1 Å². The molecule has 52 heteroatoms. The average molecular weight is 1960 g/mol. The number of rotatable bonds is 68. The van der Waals surface area contributed by atoms with E-state index in [0.29, 0.717) is 30.8 Å². The Morgan fingerprint density at radius 3 is 0.773 bits per heavy atom. The number of Topliss-reactive ketones (excluding diaryl/α,β-unsaturated/α-hetero) is 2. The lowest BCUT2D eigenvalue weighted by Crippen LogP contribution is -2.32. The molecule has 0 bridgehead atoms. The highest BCUT2D eigenvalue weighted by atomic mass is 33.1. The Morgan fingerprint density at radius 1 is 0.348 bits per heavy atom. The van der Waals surface area contributed by atoms with E-state index in [-0.39, 0.29) is 227 Å². The molecule has 2 aliphatic heterocycles. The summed E-state index contributed by atoms with van der Waals surface area (Å²) < 4.78 is 48.8. The van der Waals surface area contributed by atoms with Crippen LogP contribution in [0.15, 0.2) is 44.8 Å². The Kier molecular flexibility index (Phi) is 98.1. The largest absolute Gasteiger partial charge is 0.469 e. The standard InChI is InChI=1S/C16H21NO6.C14H20N4O6.C10H16O5.C9H16O3S2.C9H16O3.C8H15N3O5.C7H15N3O3S2.C7H15N3O3/c1-2-3-13(19)10-23-11-14(20)5-4-12(18)8-9-17-15(21)6-7-16(17)22;15-17-16-7-12(21)9-24-8-11(20)2-1-10(19)5-6-18-13(22)3-4-14(18)23;1-3-4-8(11)6-15-7-9(12)5-10(13)14-2;1-3-4-8(10)5-12-6-9(11)7-14-13-2;1-3-5-9(11)7-12-6-8(10)4-2;1-15-8(14)2-6(12)4-16-5-7(13)3-10-11-9;1-14-15-5-7(12)4-13-3-6(11)2-9-10-8;1-2-6(11)4-13-5-7(12)3-9-10-8/h1,6-7,13-14,19-20H,3-5,8-11H2;3-4,11-12,20-21H,1-2,5-9H2;1,8-9,11-12H,4-7H2,2H3;1,8-11H,4-7H2,2H3;1,8-11H,4-7H2,2H3;6-7,12-13H,2-5H2,1H3;6-7,11-12H,2-5H2,1H3;6-7,11-12H,2-5H2,1H3. The van der Waals surface area contributed by atoms with E-state index in [2.05, 4.69) is 73.3 Å². The summed E-state index contributed by atoms with van der Waals surface area (Å²) in [5, 5.41) is 161. The minimum Gasteiger partial charge on any atom is -0.469 e. The highest BCUT2D eigenvalue weighted by Gasteiger charge is 2.26. The van der Waals surface area contributed by atoms with Crippen LogP contribution in [0.4, 0.5) is 0 Å². The van der Waals surface area contributed by atoms with E-state index in [1.807, 2.05) is 26.4 Å². The molecule has 0 radical (unpaired) electrons. The second kappa shape index (κ2) is 96.1. The third-order valence-corrected chi connectivity index (χ3v) is 19.0. The lowest BCUT2D eigenvalue weighted by atomic mass is 10.1. The van der Waals surface area contributed by atoms with Crippen LogP contribution >= 0.6 is 43.2 Å². The molecule has 2 heterocycles. The van der Waals surface area contributed by atoms with E-state index in [4.69, 9.17) is 116 Å². The number of esters is 2. The molecule has 0 aromatic rings. The van der Waals surface area contributed by atoms with Crippen molar-refractivity contribution in [1.82, 2.24) is 9.80 Å². The highest BCUT2D eigenvalue weighted by Crippen LogP contribution is 2.19. The first-order valence-electron chi connectivity index (χ1n) is 40.7. The average Bonchev–Trinajstić information content (AvgIpc) is 1.74. The zero-order valence-electron chi connectivity index (χ0n) is 75.1. The summed E-state index contributed by atoms with van der Waals surface area (Å²) in [7, 11) is 8.77. The number of aliphatic hydroxyl groups excluding tert-OH is 16. The Bertz CT molecular complexity index is 3460. The summed E-state index contributed by atoms with van der Waals surface area (Å²) in [5.41, 5.74) is 32.0. The smallest absolute Gasteiger partial charge is 0.308 e. The maximum atomic E-state index is 11.7. The lowest BCUT2D eigenvalue weighted by Gasteiger charge is -2.14. The van der Waals surface area contributed by atoms with Gasteiger partial charge in [0, 0.05) is 120 Å². The molecule has 0 spiro atoms. The van der Waals surface area contributed by atoms with Crippen molar-refractivity contribution in [1.29, 1.82) is 0 Å². The van der Waals surface area contributed by atoms with Gasteiger partial charge < -0.3 is 129 Å². The Morgan fingerprint density at radius 2 is 0.561 bits per heavy atom. The summed E-state index contributed by atoms with van der Waals surface area (Å²) in [6.07, 6.45) is 19.4. The van der Waals surface area contributed by atoms with Gasteiger partial charge in [0.1, 0.15) is 11.6 Å². The zero-order chi connectivity index (χ0) is 101. The number of methoxy groups -OCH3 is 2. The van der Waals surface area contributed by atoms with Crippen LogP contribution in [0, 0.1) is 49.4 Å². The summed E-state index contributed by atoms with van der Waals surface area (Å²) in [5.74, 6) is 7.41. The summed E-state index contributed by atoms with van der Waals surface area (Å²) in [6, 6.07) is 0. The Balaban J connectivity index is -0.000000348. The molecule has 132 heavy (non-hydrogen) atoms. The predicted octanol–water partition coefficient (Wildman–Crippen LogP) is 0.430. The summed E-state index contributed by atoms with van der Waals surface area (Å²) in [6.45, 7) is 4.71. The fourth-order valence-electron chi connectivity index (χ4n) is 8.38. The van der Waals surface area contributed by atoms with Crippen molar-refractivity contribution in [2.24, 2.45) is 20.5 Å². The quantitative estimate of drug-likeness (QED) is 0.00747. The van der Waals surface area contributed by atoms with Crippen molar-refractivity contribution < 1.29 is 167 Å².